The summed E-state index contributed by atoms with van der Waals surface area (Å²) in [6.45, 7) is 0. The Morgan fingerprint density at radius 3 is 1.06 bits per heavy atom. The van der Waals surface area contributed by atoms with Crippen LogP contribution in [0.3, 0.4) is 0 Å². The number of nitrogens with zero attached hydrogens (tertiary/aromatic N) is 2. The van der Waals surface area contributed by atoms with Gasteiger partial charge in [0, 0.05) is 32.9 Å². The minimum absolute atomic E-state index is 0.422. The number of rotatable bonds is 4. The van der Waals surface area contributed by atoms with Crippen molar-refractivity contribution in [3.05, 3.63) is 253 Å². The molecule has 0 bridgehead atoms. The summed E-state index contributed by atoms with van der Waals surface area (Å²) in [6.07, 6.45) is 0. The number of aromatic nitrogens is 2. The van der Waals surface area contributed by atoms with Gasteiger partial charge in [-0.1, -0.05) is 158 Å². The van der Waals surface area contributed by atoms with E-state index >= 15 is 0 Å². The van der Waals surface area contributed by atoms with Crippen LogP contribution >= 0.6 is 0 Å². The lowest BCUT2D eigenvalue weighted by Crippen LogP contribution is -2.25. The fourth-order valence-electron chi connectivity index (χ4n) is 11.5. The maximum absolute atomic E-state index is 2.48. The van der Waals surface area contributed by atoms with E-state index in [2.05, 4.69) is 240 Å². The van der Waals surface area contributed by atoms with Gasteiger partial charge in [0.05, 0.1) is 27.5 Å². The molecule has 10 aromatic carbocycles. The molecule has 0 atom stereocenters. The van der Waals surface area contributed by atoms with E-state index in [1.54, 1.807) is 0 Å². The summed E-state index contributed by atoms with van der Waals surface area (Å²) in [5.74, 6) is 0. The predicted molar refractivity (Wildman–Crippen MR) is 262 cm³/mol. The minimum atomic E-state index is -0.422. The quantitative estimate of drug-likeness (QED) is 0.168. The van der Waals surface area contributed by atoms with Crippen LogP contribution in [0.5, 0.6) is 0 Å². The Morgan fingerprint density at radius 2 is 0.587 bits per heavy atom. The van der Waals surface area contributed by atoms with Gasteiger partial charge in [-0.2, -0.15) is 0 Å². The van der Waals surface area contributed by atoms with Gasteiger partial charge in [-0.25, -0.2) is 0 Å². The van der Waals surface area contributed by atoms with Crippen LogP contribution in [0.15, 0.2) is 231 Å². The molecule has 0 amide bonds. The van der Waals surface area contributed by atoms with E-state index in [0.717, 1.165) is 0 Å². The first-order valence-electron chi connectivity index (χ1n) is 21.9. The zero-order valence-corrected chi connectivity index (χ0v) is 34.3. The van der Waals surface area contributed by atoms with E-state index in [9.17, 15) is 0 Å². The first-order valence-corrected chi connectivity index (χ1v) is 21.9. The summed E-state index contributed by atoms with van der Waals surface area (Å²) >= 11 is 0. The third kappa shape index (κ3) is 4.67. The van der Waals surface area contributed by atoms with Crippen LogP contribution < -0.4 is 0 Å². The molecule has 2 aliphatic carbocycles. The molecule has 2 heteroatoms. The van der Waals surface area contributed by atoms with Gasteiger partial charge in [0.25, 0.3) is 0 Å². The molecule has 0 fully saturated rings. The minimum Gasteiger partial charge on any atom is -0.309 e. The molecule has 0 radical (unpaired) electrons. The van der Waals surface area contributed by atoms with Gasteiger partial charge in [0.2, 0.25) is 0 Å². The second-order valence-corrected chi connectivity index (χ2v) is 17.2. The van der Waals surface area contributed by atoms with Crippen molar-refractivity contribution in [2.24, 2.45) is 0 Å². The van der Waals surface area contributed by atoms with Gasteiger partial charge < -0.3 is 9.13 Å². The lowest BCUT2D eigenvalue weighted by molar-refractivity contribution is 0.794. The number of benzene rings is 10. The molecule has 1 spiro atoms. The van der Waals surface area contributed by atoms with Crippen molar-refractivity contribution >= 4 is 43.6 Å². The second kappa shape index (κ2) is 12.9. The van der Waals surface area contributed by atoms with Crippen LogP contribution in [-0.2, 0) is 5.41 Å². The molecule has 0 aliphatic heterocycles. The zero-order chi connectivity index (χ0) is 41.2. The van der Waals surface area contributed by atoms with Crippen molar-refractivity contribution in [3.8, 4) is 55.9 Å². The van der Waals surface area contributed by atoms with E-state index in [-0.39, 0.29) is 0 Å². The van der Waals surface area contributed by atoms with Crippen LogP contribution in [0.4, 0.5) is 0 Å². The Morgan fingerprint density at radius 1 is 0.238 bits per heavy atom. The Bertz CT molecular complexity index is 3590. The maximum atomic E-state index is 2.48. The molecule has 2 aromatic heterocycles. The van der Waals surface area contributed by atoms with Crippen molar-refractivity contribution in [2.75, 3.05) is 0 Å². The molecular weight excluding hydrogens is 761 g/mol. The molecule has 63 heavy (non-hydrogen) atoms. The SMILES string of the molecule is c1ccc(-n2c3ccccc3c3cc(-c4ccc5c(c4)-c4cc(-c6ccc7c(c6)c6ccccc6n7-c6ccccc6)ccc4C54c5ccccc5-c5ccccc54)ccc32)cc1. The third-order valence-electron chi connectivity index (χ3n) is 14.1. The molecule has 2 heterocycles. The largest absolute Gasteiger partial charge is 0.309 e. The van der Waals surface area contributed by atoms with Gasteiger partial charge in [0.15, 0.2) is 0 Å². The molecule has 2 aliphatic rings. The predicted octanol–water partition coefficient (Wildman–Crippen LogP) is 15.6. The summed E-state index contributed by atoms with van der Waals surface area (Å²) < 4.78 is 4.79. The van der Waals surface area contributed by atoms with Gasteiger partial charge in [-0.15, -0.1) is 0 Å². The monoisotopic (exact) mass is 798 g/mol. The van der Waals surface area contributed by atoms with Crippen LogP contribution in [0, 0.1) is 0 Å². The van der Waals surface area contributed by atoms with Crippen molar-refractivity contribution in [2.45, 2.75) is 5.41 Å². The van der Waals surface area contributed by atoms with Crippen molar-refractivity contribution in [3.63, 3.8) is 0 Å². The highest BCUT2D eigenvalue weighted by Gasteiger charge is 2.51. The smallest absolute Gasteiger partial charge is 0.0725 e. The van der Waals surface area contributed by atoms with Gasteiger partial charge in [-0.05, 0) is 140 Å². The summed E-state index contributed by atoms with van der Waals surface area (Å²) in [5.41, 5.74) is 22.3. The highest BCUT2D eigenvalue weighted by molar-refractivity contribution is 6.12. The highest BCUT2D eigenvalue weighted by atomic mass is 15.0. The average molecular weight is 799 g/mol. The summed E-state index contributed by atoms with van der Waals surface area (Å²) in [6, 6.07) is 85.8. The fraction of sp³-hybridized carbons (Fsp3) is 0.0164. The Kier molecular flexibility index (Phi) is 7.07. The van der Waals surface area contributed by atoms with Crippen molar-refractivity contribution in [1.29, 1.82) is 0 Å². The van der Waals surface area contributed by atoms with Gasteiger partial charge >= 0.3 is 0 Å². The van der Waals surface area contributed by atoms with Crippen LogP contribution in [-0.4, -0.2) is 9.13 Å². The van der Waals surface area contributed by atoms with Crippen LogP contribution in [0.25, 0.3) is 99.5 Å². The molecule has 0 saturated carbocycles. The zero-order valence-electron chi connectivity index (χ0n) is 34.3. The first-order chi connectivity index (χ1) is 31.3. The Balaban J connectivity index is 0.990. The molecule has 0 N–H and O–H groups in total. The normalized spacial score (nSPS) is 13.2. The maximum Gasteiger partial charge on any atom is 0.0725 e. The van der Waals surface area contributed by atoms with E-state index in [0.29, 0.717) is 0 Å². The van der Waals surface area contributed by atoms with Crippen LogP contribution in [0.2, 0.25) is 0 Å². The highest BCUT2D eigenvalue weighted by Crippen LogP contribution is 2.63. The summed E-state index contributed by atoms with van der Waals surface area (Å²) in [7, 11) is 0. The molecule has 12 aromatic rings. The first kappa shape index (κ1) is 34.5. The number of hydrogen-bond acceptors (Lipinski definition) is 0. The number of para-hydroxylation sites is 4. The Labute approximate surface area is 365 Å². The molecule has 292 valence electrons. The fourth-order valence-corrected chi connectivity index (χ4v) is 11.5. The van der Waals surface area contributed by atoms with E-state index in [1.165, 1.54) is 122 Å². The van der Waals surface area contributed by atoms with E-state index < -0.39 is 5.41 Å². The van der Waals surface area contributed by atoms with Crippen LogP contribution in [0.1, 0.15) is 22.3 Å². The van der Waals surface area contributed by atoms with Crippen molar-refractivity contribution in [1.82, 2.24) is 9.13 Å². The second-order valence-electron chi connectivity index (χ2n) is 17.2. The van der Waals surface area contributed by atoms with E-state index in [4.69, 9.17) is 0 Å². The molecule has 14 rings (SSSR count). The number of fused-ring (bicyclic) bond motifs is 16. The number of hydrogen-bond donors (Lipinski definition) is 0. The van der Waals surface area contributed by atoms with Crippen molar-refractivity contribution < 1.29 is 0 Å². The molecular formula is C61H38N2. The summed E-state index contributed by atoms with van der Waals surface area (Å²) in [4.78, 5) is 0. The molecule has 2 nitrogen and oxygen atoms in total. The topological polar surface area (TPSA) is 9.86 Å². The lowest BCUT2D eigenvalue weighted by atomic mass is 9.70. The molecule has 0 unspecified atom stereocenters. The summed E-state index contributed by atoms with van der Waals surface area (Å²) in [5, 5.41) is 5.04. The standard InChI is InChI=1S/C61H38N2/c1-3-15-43(16-4-1)62-57-25-13-9-21-47(57)51-37-41(29-33-59(51)62)39-27-31-55-49(35-39)50-36-40(28-32-56(50)61(55)53-23-11-7-19-45(53)46-20-8-12-24-54(46)61)42-30-34-60-52(38-42)48-22-10-14-26-58(48)63(60)44-17-5-2-6-18-44/h1-38H. The van der Waals surface area contributed by atoms with Gasteiger partial charge in [-0.3, -0.25) is 0 Å². The average Bonchev–Trinajstić information content (AvgIpc) is 4.06. The van der Waals surface area contributed by atoms with E-state index in [1.807, 2.05) is 0 Å². The third-order valence-corrected chi connectivity index (χ3v) is 14.1. The lowest BCUT2D eigenvalue weighted by Gasteiger charge is -2.30. The molecule has 0 saturated heterocycles. The Hall–Kier alpha value is -8.20. The van der Waals surface area contributed by atoms with Gasteiger partial charge in [0.1, 0.15) is 0 Å².